The number of aromatic nitrogens is 2. The molecule has 5 heteroatoms. The Balaban J connectivity index is 2.45. The van der Waals surface area contributed by atoms with E-state index in [1.165, 1.54) is 6.07 Å². The molecule has 0 spiro atoms. The summed E-state index contributed by atoms with van der Waals surface area (Å²) in [6.45, 7) is 2.05. The van der Waals surface area contributed by atoms with E-state index in [-0.39, 0.29) is 5.69 Å². The lowest BCUT2D eigenvalue weighted by Gasteiger charge is -2.05. The molecule has 2 aromatic rings. The fourth-order valence-electron chi connectivity index (χ4n) is 1.71. The van der Waals surface area contributed by atoms with Gasteiger partial charge >= 0.3 is 5.97 Å². The zero-order valence-corrected chi connectivity index (χ0v) is 10.2. The van der Waals surface area contributed by atoms with Crippen LogP contribution < -0.4 is 4.74 Å². The van der Waals surface area contributed by atoms with E-state index in [0.29, 0.717) is 5.69 Å². The van der Waals surface area contributed by atoms with Crippen LogP contribution in [0.1, 0.15) is 23.0 Å². The molecule has 0 aliphatic carbocycles. The number of hydrogen-bond acceptors (Lipinski definition) is 3. The van der Waals surface area contributed by atoms with Crippen LogP contribution in [0, 0.1) is 0 Å². The van der Waals surface area contributed by atoms with Crippen LogP contribution in [0.15, 0.2) is 24.3 Å². The van der Waals surface area contributed by atoms with Gasteiger partial charge < -0.3 is 9.84 Å². The number of H-pyrrole nitrogens is 1. The van der Waals surface area contributed by atoms with E-state index < -0.39 is 5.97 Å². The molecule has 94 valence electrons. The van der Waals surface area contributed by atoms with Crippen molar-refractivity contribution in [1.29, 1.82) is 0 Å². The molecule has 0 unspecified atom stereocenters. The second-order valence-electron chi connectivity index (χ2n) is 3.90. The van der Waals surface area contributed by atoms with Crippen LogP contribution in [0.4, 0.5) is 0 Å². The summed E-state index contributed by atoms with van der Waals surface area (Å²) in [5, 5.41) is 15.3. The molecule has 0 saturated heterocycles. The average Bonchev–Trinajstić information content (AvgIpc) is 2.87. The molecule has 0 aliphatic rings. The highest BCUT2D eigenvalue weighted by molar-refractivity contribution is 5.86. The Morgan fingerprint density at radius 3 is 2.72 bits per heavy atom. The smallest absolute Gasteiger partial charge is 0.353 e. The standard InChI is InChI=1S/C13H14N2O3/c1-3-8-4-9(6-10(5-8)18-2)11-7-12(13(16)17)15-14-11/h4-7H,3H2,1-2H3,(H,14,15)(H,16,17). The molecule has 1 aromatic heterocycles. The van der Waals surface area contributed by atoms with Crippen molar-refractivity contribution in [2.45, 2.75) is 13.3 Å². The summed E-state index contributed by atoms with van der Waals surface area (Å²) in [4.78, 5) is 10.8. The van der Waals surface area contributed by atoms with E-state index in [2.05, 4.69) is 10.2 Å². The zero-order valence-electron chi connectivity index (χ0n) is 10.2. The fourth-order valence-corrected chi connectivity index (χ4v) is 1.71. The first kappa shape index (κ1) is 12.2. The van der Waals surface area contributed by atoms with Gasteiger partial charge in [0.05, 0.1) is 12.8 Å². The van der Waals surface area contributed by atoms with Gasteiger partial charge in [0.1, 0.15) is 11.4 Å². The Morgan fingerprint density at radius 1 is 1.39 bits per heavy atom. The van der Waals surface area contributed by atoms with Crippen LogP contribution in [-0.2, 0) is 6.42 Å². The number of carboxylic acid groups (broad SMARTS) is 1. The number of aromatic amines is 1. The Labute approximate surface area is 104 Å². The molecule has 5 nitrogen and oxygen atoms in total. The minimum absolute atomic E-state index is 0.0749. The fraction of sp³-hybridized carbons (Fsp3) is 0.231. The number of carboxylic acids is 1. The maximum atomic E-state index is 10.8. The summed E-state index contributed by atoms with van der Waals surface area (Å²) in [6, 6.07) is 7.27. The lowest BCUT2D eigenvalue weighted by Crippen LogP contribution is -1.95. The number of aryl methyl sites for hydroxylation is 1. The van der Waals surface area contributed by atoms with Crippen molar-refractivity contribution in [1.82, 2.24) is 10.2 Å². The molecule has 0 atom stereocenters. The number of ether oxygens (including phenoxy) is 1. The number of carbonyl (C=O) groups is 1. The molecule has 0 saturated carbocycles. The third-order valence-electron chi connectivity index (χ3n) is 2.71. The highest BCUT2D eigenvalue weighted by Gasteiger charge is 2.10. The molecular weight excluding hydrogens is 232 g/mol. The van der Waals surface area contributed by atoms with Gasteiger partial charge in [0, 0.05) is 5.56 Å². The molecule has 0 radical (unpaired) electrons. The molecule has 1 heterocycles. The number of nitrogens with one attached hydrogen (secondary N) is 1. The van der Waals surface area contributed by atoms with E-state index in [0.717, 1.165) is 23.3 Å². The van der Waals surface area contributed by atoms with E-state index in [4.69, 9.17) is 9.84 Å². The number of nitrogens with zero attached hydrogens (tertiary/aromatic N) is 1. The molecule has 0 bridgehead atoms. The lowest BCUT2D eigenvalue weighted by atomic mass is 10.1. The highest BCUT2D eigenvalue weighted by atomic mass is 16.5. The molecule has 2 rings (SSSR count). The van der Waals surface area contributed by atoms with Gasteiger partial charge in [0.25, 0.3) is 0 Å². The number of hydrogen-bond donors (Lipinski definition) is 2. The van der Waals surface area contributed by atoms with Gasteiger partial charge in [-0.3, -0.25) is 5.10 Å². The number of methoxy groups -OCH3 is 1. The average molecular weight is 246 g/mol. The third-order valence-corrected chi connectivity index (χ3v) is 2.71. The van der Waals surface area contributed by atoms with Gasteiger partial charge in [-0.15, -0.1) is 0 Å². The summed E-state index contributed by atoms with van der Waals surface area (Å²) in [7, 11) is 1.60. The van der Waals surface area contributed by atoms with Crippen molar-refractivity contribution >= 4 is 5.97 Å². The van der Waals surface area contributed by atoms with E-state index in [1.807, 2.05) is 25.1 Å². The number of aromatic carboxylic acids is 1. The normalized spacial score (nSPS) is 10.3. The molecular formula is C13H14N2O3. The third kappa shape index (κ3) is 2.34. The SMILES string of the molecule is CCc1cc(OC)cc(-c2cc(C(=O)O)[nH]n2)c1. The van der Waals surface area contributed by atoms with Crippen LogP contribution in [0.5, 0.6) is 5.75 Å². The van der Waals surface area contributed by atoms with E-state index in [1.54, 1.807) is 7.11 Å². The first-order chi connectivity index (χ1) is 8.63. The Kier molecular flexibility index (Phi) is 3.32. The molecule has 2 N–H and O–H groups in total. The summed E-state index contributed by atoms with van der Waals surface area (Å²) in [5.41, 5.74) is 2.63. The number of benzene rings is 1. The quantitative estimate of drug-likeness (QED) is 0.868. The van der Waals surface area contributed by atoms with Crippen LogP contribution in [0.25, 0.3) is 11.3 Å². The van der Waals surface area contributed by atoms with Crippen molar-refractivity contribution < 1.29 is 14.6 Å². The Hall–Kier alpha value is -2.30. The van der Waals surface area contributed by atoms with Crippen LogP contribution in [0.2, 0.25) is 0 Å². The van der Waals surface area contributed by atoms with Crippen molar-refractivity contribution in [2.24, 2.45) is 0 Å². The Morgan fingerprint density at radius 2 is 2.17 bits per heavy atom. The first-order valence-electron chi connectivity index (χ1n) is 5.61. The molecule has 0 amide bonds. The summed E-state index contributed by atoms with van der Waals surface area (Å²) < 4.78 is 5.22. The van der Waals surface area contributed by atoms with Crippen molar-refractivity contribution in [3.8, 4) is 17.0 Å². The number of rotatable bonds is 4. The second-order valence-corrected chi connectivity index (χ2v) is 3.90. The van der Waals surface area contributed by atoms with Crippen LogP contribution >= 0.6 is 0 Å². The van der Waals surface area contributed by atoms with Gasteiger partial charge in [0.15, 0.2) is 0 Å². The molecule has 1 aromatic carbocycles. The predicted octanol–water partition coefficient (Wildman–Crippen LogP) is 2.35. The zero-order chi connectivity index (χ0) is 13.1. The molecule has 0 fully saturated rings. The molecule has 0 aliphatic heterocycles. The Bertz CT molecular complexity index is 553. The lowest BCUT2D eigenvalue weighted by molar-refractivity contribution is 0.0690. The van der Waals surface area contributed by atoms with Gasteiger partial charge in [0.2, 0.25) is 0 Å². The van der Waals surface area contributed by atoms with Gasteiger partial charge in [-0.25, -0.2) is 4.79 Å². The second kappa shape index (κ2) is 4.91. The summed E-state index contributed by atoms with van der Waals surface area (Å²) in [5.74, 6) is -0.281. The summed E-state index contributed by atoms with van der Waals surface area (Å²) >= 11 is 0. The minimum Gasteiger partial charge on any atom is -0.497 e. The van der Waals surface area contributed by atoms with E-state index in [9.17, 15) is 4.79 Å². The van der Waals surface area contributed by atoms with Crippen molar-refractivity contribution in [2.75, 3.05) is 7.11 Å². The van der Waals surface area contributed by atoms with E-state index >= 15 is 0 Å². The molecule has 18 heavy (non-hydrogen) atoms. The topological polar surface area (TPSA) is 75.2 Å². The maximum absolute atomic E-state index is 10.8. The predicted molar refractivity (Wildman–Crippen MR) is 66.9 cm³/mol. The minimum atomic E-state index is -1.02. The summed E-state index contributed by atoms with van der Waals surface area (Å²) in [6.07, 6.45) is 0.875. The van der Waals surface area contributed by atoms with Crippen molar-refractivity contribution in [3.05, 3.63) is 35.5 Å². The highest BCUT2D eigenvalue weighted by Crippen LogP contribution is 2.25. The monoisotopic (exact) mass is 246 g/mol. The van der Waals surface area contributed by atoms with Gasteiger partial charge in [-0.1, -0.05) is 6.92 Å². The largest absolute Gasteiger partial charge is 0.497 e. The van der Waals surface area contributed by atoms with Gasteiger partial charge in [-0.2, -0.15) is 5.10 Å². The maximum Gasteiger partial charge on any atom is 0.353 e. The van der Waals surface area contributed by atoms with Crippen molar-refractivity contribution in [3.63, 3.8) is 0 Å². The first-order valence-corrected chi connectivity index (χ1v) is 5.61. The van der Waals surface area contributed by atoms with Crippen LogP contribution in [-0.4, -0.2) is 28.4 Å². The van der Waals surface area contributed by atoms with Crippen LogP contribution in [0.3, 0.4) is 0 Å². The van der Waals surface area contributed by atoms with Gasteiger partial charge in [-0.05, 0) is 36.2 Å².